The number of aromatic nitrogens is 1. The Morgan fingerprint density at radius 3 is 2.20 bits per heavy atom. The molecular formula is C24H15F3N2O. The van der Waals surface area contributed by atoms with Crippen LogP contribution in [-0.2, 0) is 6.18 Å². The van der Waals surface area contributed by atoms with Gasteiger partial charge in [0.05, 0.1) is 22.6 Å². The molecule has 1 aromatic heterocycles. The zero-order valence-corrected chi connectivity index (χ0v) is 15.6. The van der Waals surface area contributed by atoms with Crippen molar-refractivity contribution in [1.29, 1.82) is 0 Å². The van der Waals surface area contributed by atoms with Gasteiger partial charge in [-0.2, -0.15) is 13.2 Å². The Labute approximate surface area is 171 Å². The molecule has 0 aliphatic carbocycles. The summed E-state index contributed by atoms with van der Waals surface area (Å²) >= 11 is 0. The van der Waals surface area contributed by atoms with E-state index in [4.69, 9.17) is 4.74 Å². The molecule has 0 atom stereocenters. The Morgan fingerprint density at radius 1 is 0.733 bits per heavy atom. The largest absolute Gasteiger partial charge is 0.452 e. The van der Waals surface area contributed by atoms with E-state index in [2.05, 4.69) is 4.98 Å². The third-order valence-electron chi connectivity index (χ3n) is 4.95. The molecular weight excluding hydrogens is 389 g/mol. The molecule has 5 rings (SSSR count). The van der Waals surface area contributed by atoms with Gasteiger partial charge in [0.15, 0.2) is 11.5 Å². The zero-order valence-electron chi connectivity index (χ0n) is 15.6. The molecule has 0 spiro atoms. The molecule has 6 heteroatoms. The van der Waals surface area contributed by atoms with Crippen molar-refractivity contribution >= 4 is 17.1 Å². The minimum Gasteiger partial charge on any atom is -0.452 e. The number of fused-ring (bicyclic) bond motifs is 2. The second-order valence-electron chi connectivity index (χ2n) is 6.82. The number of hydrogen-bond acceptors (Lipinski definition) is 3. The molecule has 1 aliphatic heterocycles. The molecule has 4 aromatic rings. The van der Waals surface area contributed by atoms with Crippen LogP contribution >= 0.6 is 0 Å². The zero-order chi connectivity index (χ0) is 20.7. The second kappa shape index (κ2) is 6.91. The minimum atomic E-state index is -4.38. The van der Waals surface area contributed by atoms with Gasteiger partial charge in [-0.3, -0.25) is 4.98 Å². The van der Waals surface area contributed by atoms with Crippen molar-refractivity contribution in [2.24, 2.45) is 0 Å². The summed E-state index contributed by atoms with van der Waals surface area (Å²) in [5, 5.41) is 0. The van der Waals surface area contributed by atoms with Crippen molar-refractivity contribution in [2.45, 2.75) is 6.18 Å². The van der Waals surface area contributed by atoms with Crippen LogP contribution in [0.1, 0.15) is 5.56 Å². The Balaban J connectivity index is 1.70. The number of anilines is 3. The summed E-state index contributed by atoms with van der Waals surface area (Å²) in [4.78, 5) is 6.33. The molecule has 0 saturated heterocycles. The predicted molar refractivity (Wildman–Crippen MR) is 109 cm³/mol. The third kappa shape index (κ3) is 3.06. The molecule has 0 unspecified atom stereocenters. The number of para-hydroxylation sites is 3. The van der Waals surface area contributed by atoms with E-state index >= 15 is 0 Å². The highest BCUT2D eigenvalue weighted by Crippen LogP contribution is 2.53. The van der Waals surface area contributed by atoms with E-state index in [9.17, 15) is 13.2 Å². The average molecular weight is 404 g/mol. The minimum absolute atomic E-state index is 0.606. The fourth-order valence-electron chi connectivity index (χ4n) is 3.58. The lowest BCUT2D eigenvalue weighted by atomic mass is 10.0. The Kier molecular flexibility index (Phi) is 4.20. The molecule has 1 aliphatic rings. The summed E-state index contributed by atoms with van der Waals surface area (Å²) in [5.74, 6) is 1.23. The van der Waals surface area contributed by atoms with Gasteiger partial charge in [-0.05, 0) is 60.7 Å². The summed E-state index contributed by atoms with van der Waals surface area (Å²) in [6.45, 7) is 0. The first kappa shape index (κ1) is 18.2. The first-order valence-corrected chi connectivity index (χ1v) is 9.31. The van der Waals surface area contributed by atoms with Crippen LogP contribution in [0.2, 0.25) is 0 Å². The number of benzene rings is 3. The summed E-state index contributed by atoms with van der Waals surface area (Å²) in [6.07, 6.45) is -2.68. The predicted octanol–water partition coefficient (Wildman–Crippen LogP) is 7.34. The summed E-state index contributed by atoms with van der Waals surface area (Å²) in [5.41, 5.74) is 2.97. The lowest BCUT2D eigenvalue weighted by molar-refractivity contribution is -0.137. The Bertz CT molecular complexity index is 1210. The summed E-state index contributed by atoms with van der Waals surface area (Å²) in [7, 11) is 0. The van der Waals surface area contributed by atoms with Gasteiger partial charge < -0.3 is 9.64 Å². The maximum Gasteiger partial charge on any atom is 0.416 e. The molecule has 0 N–H and O–H groups in total. The van der Waals surface area contributed by atoms with E-state index < -0.39 is 11.7 Å². The smallest absolute Gasteiger partial charge is 0.416 e. The van der Waals surface area contributed by atoms with E-state index in [1.54, 1.807) is 6.20 Å². The fraction of sp³-hybridized carbons (Fsp3) is 0.0417. The summed E-state index contributed by atoms with van der Waals surface area (Å²) in [6, 6.07) is 23.9. The molecule has 0 bridgehead atoms. The number of alkyl halides is 3. The fourth-order valence-corrected chi connectivity index (χ4v) is 3.58. The van der Waals surface area contributed by atoms with Gasteiger partial charge in [-0.15, -0.1) is 0 Å². The lowest BCUT2D eigenvalue weighted by Gasteiger charge is -2.33. The van der Waals surface area contributed by atoms with E-state index in [-0.39, 0.29) is 0 Å². The number of halogens is 3. The van der Waals surface area contributed by atoms with Crippen LogP contribution in [0.4, 0.5) is 30.2 Å². The molecule has 0 amide bonds. The standard InChI is InChI=1S/C24H15F3N2O/c25-24(26,27)16-11-13-17(14-12-16)29-20-8-1-2-10-22(20)30-23-18(6-5-9-21(23)29)19-7-3-4-15-28-19/h1-15H. The van der Waals surface area contributed by atoms with Gasteiger partial charge in [0.2, 0.25) is 0 Å². The van der Waals surface area contributed by atoms with Crippen molar-refractivity contribution in [3.05, 3.63) is 96.7 Å². The van der Waals surface area contributed by atoms with Crippen LogP contribution in [0.15, 0.2) is 91.1 Å². The highest BCUT2D eigenvalue weighted by atomic mass is 19.4. The van der Waals surface area contributed by atoms with E-state index in [1.807, 2.05) is 65.6 Å². The van der Waals surface area contributed by atoms with Gasteiger partial charge >= 0.3 is 6.18 Å². The highest BCUT2D eigenvalue weighted by molar-refractivity contribution is 5.90. The molecule has 2 heterocycles. The monoisotopic (exact) mass is 404 g/mol. The number of hydrogen-bond donors (Lipinski definition) is 0. The number of nitrogens with zero attached hydrogens (tertiary/aromatic N) is 2. The number of pyridine rings is 1. The Morgan fingerprint density at radius 2 is 1.47 bits per heavy atom. The summed E-state index contributed by atoms with van der Waals surface area (Å²) < 4.78 is 45.4. The van der Waals surface area contributed by atoms with Crippen molar-refractivity contribution in [2.75, 3.05) is 4.90 Å². The quantitative estimate of drug-likeness (QED) is 0.308. The molecule has 148 valence electrons. The van der Waals surface area contributed by atoms with Crippen molar-refractivity contribution < 1.29 is 17.9 Å². The van der Waals surface area contributed by atoms with Crippen LogP contribution < -0.4 is 9.64 Å². The molecule has 3 aromatic carbocycles. The average Bonchev–Trinajstić information content (AvgIpc) is 2.77. The molecule has 3 nitrogen and oxygen atoms in total. The van der Waals surface area contributed by atoms with Gasteiger partial charge in [-0.25, -0.2) is 0 Å². The number of ether oxygens (including phenoxy) is 1. The van der Waals surface area contributed by atoms with Crippen molar-refractivity contribution in [3.8, 4) is 22.8 Å². The van der Waals surface area contributed by atoms with Crippen LogP contribution in [0.25, 0.3) is 11.3 Å². The maximum atomic E-state index is 13.0. The van der Waals surface area contributed by atoms with E-state index in [1.165, 1.54) is 12.1 Å². The van der Waals surface area contributed by atoms with E-state index in [0.29, 0.717) is 17.2 Å². The van der Waals surface area contributed by atoms with E-state index in [0.717, 1.165) is 34.8 Å². The van der Waals surface area contributed by atoms with Gasteiger partial charge in [0.25, 0.3) is 0 Å². The number of rotatable bonds is 2. The molecule has 0 saturated carbocycles. The van der Waals surface area contributed by atoms with Crippen LogP contribution in [0.5, 0.6) is 11.5 Å². The van der Waals surface area contributed by atoms with Crippen LogP contribution in [0.3, 0.4) is 0 Å². The lowest BCUT2D eigenvalue weighted by Crippen LogP contribution is -2.16. The topological polar surface area (TPSA) is 25.4 Å². The van der Waals surface area contributed by atoms with Gasteiger partial charge in [-0.1, -0.05) is 24.3 Å². The highest BCUT2D eigenvalue weighted by Gasteiger charge is 2.32. The van der Waals surface area contributed by atoms with Crippen molar-refractivity contribution in [1.82, 2.24) is 4.98 Å². The van der Waals surface area contributed by atoms with Crippen LogP contribution in [-0.4, -0.2) is 4.98 Å². The molecule has 30 heavy (non-hydrogen) atoms. The van der Waals surface area contributed by atoms with Gasteiger partial charge in [0, 0.05) is 17.4 Å². The third-order valence-corrected chi connectivity index (χ3v) is 4.95. The molecule has 0 radical (unpaired) electrons. The first-order valence-electron chi connectivity index (χ1n) is 9.31. The van der Waals surface area contributed by atoms with Crippen molar-refractivity contribution in [3.63, 3.8) is 0 Å². The SMILES string of the molecule is FC(F)(F)c1ccc(N2c3ccccc3Oc3c(-c4ccccn4)cccc32)cc1. The second-order valence-corrected chi connectivity index (χ2v) is 6.82. The maximum absolute atomic E-state index is 13.0. The molecule has 0 fully saturated rings. The van der Waals surface area contributed by atoms with Crippen LogP contribution in [0, 0.1) is 0 Å². The van der Waals surface area contributed by atoms with Gasteiger partial charge in [0.1, 0.15) is 0 Å². The Hall–Kier alpha value is -3.80. The first-order chi connectivity index (χ1) is 14.5. The normalized spacial score (nSPS) is 12.7.